The number of aromatic nitrogens is 1. The quantitative estimate of drug-likeness (QED) is 0.892. The lowest BCUT2D eigenvalue weighted by atomic mass is 9.90. The standard InChI is InChI=1S/C16H20N2/c1-12-5-6-13(2)15(8-12)9-16(10-17)14-4-3-7-18-11-14/h3-8,11,16H,9-10,17H2,1-2H3. The molecular formula is C16H20N2. The number of benzene rings is 1. The minimum absolute atomic E-state index is 0.346. The van der Waals surface area contributed by atoms with E-state index in [1.165, 1.54) is 22.3 Å². The number of hydrogen-bond donors (Lipinski definition) is 1. The molecule has 0 amide bonds. The molecule has 0 aliphatic carbocycles. The molecule has 0 bridgehead atoms. The van der Waals surface area contributed by atoms with Crippen LogP contribution in [-0.4, -0.2) is 11.5 Å². The molecule has 1 aromatic heterocycles. The first kappa shape index (κ1) is 12.8. The fourth-order valence-corrected chi connectivity index (χ4v) is 2.24. The summed E-state index contributed by atoms with van der Waals surface area (Å²) >= 11 is 0. The molecule has 0 aliphatic heterocycles. The van der Waals surface area contributed by atoms with Gasteiger partial charge in [0.2, 0.25) is 0 Å². The van der Waals surface area contributed by atoms with Crippen molar-refractivity contribution in [3.63, 3.8) is 0 Å². The van der Waals surface area contributed by atoms with Crippen molar-refractivity contribution in [1.82, 2.24) is 4.98 Å². The summed E-state index contributed by atoms with van der Waals surface area (Å²) in [6.45, 7) is 4.94. The van der Waals surface area contributed by atoms with Gasteiger partial charge in [0.1, 0.15) is 0 Å². The summed E-state index contributed by atoms with van der Waals surface area (Å²) in [7, 11) is 0. The second kappa shape index (κ2) is 5.78. The molecule has 0 aliphatic rings. The second-order valence-electron chi connectivity index (χ2n) is 4.85. The molecule has 0 saturated carbocycles. The van der Waals surface area contributed by atoms with E-state index in [1.807, 2.05) is 12.3 Å². The maximum absolute atomic E-state index is 5.91. The molecule has 2 aromatic rings. The Balaban J connectivity index is 2.23. The minimum atomic E-state index is 0.346. The summed E-state index contributed by atoms with van der Waals surface area (Å²) in [5, 5.41) is 0. The third-order valence-corrected chi connectivity index (χ3v) is 3.41. The Bertz CT molecular complexity index is 506. The van der Waals surface area contributed by atoms with Gasteiger partial charge in [-0.15, -0.1) is 0 Å². The van der Waals surface area contributed by atoms with E-state index in [0.717, 1.165) is 6.42 Å². The summed E-state index contributed by atoms with van der Waals surface area (Å²) in [5.41, 5.74) is 11.2. The third kappa shape index (κ3) is 2.96. The number of aryl methyl sites for hydroxylation is 2. The number of nitrogens with two attached hydrogens (primary N) is 1. The van der Waals surface area contributed by atoms with Crippen LogP contribution < -0.4 is 5.73 Å². The van der Waals surface area contributed by atoms with Crippen LogP contribution in [0, 0.1) is 13.8 Å². The Morgan fingerprint density at radius 1 is 1.22 bits per heavy atom. The highest BCUT2D eigenvalue weighted by Gasteiger charge is 2.12. The highest BCUT2D eigenvalue weighted by molar-refractivity contribution is 5.32. The molecule has 2 rings (SSSR count). The zero-order valence-electron chi connectivity index (χ0n) is 11.1. The molecule has 2 heteroatoms. The van der Waals surface area contributed by atoms with Crippen LogP contribution in [0.25, 0.3) is 0 Å². The van der Waals surface area contributed by atoms with Gasteiger partial charge in [0.05, 0.1) is 0 Å². The van der Waals surface area contributed by atoms with Crippen molar-refractivity contribution in [1.29, 1.82) is 0 Å². The van der Waals surface area contributed by atoms with Crippen LogP contribution in [0.3, 0.4) is 0 Å². The molecule has 0 saturated heterocycles. The van der Waals surface area contributed by atoms with Crippen LogP contribution in [0.1, 0.15) is 28.2 Å². The molecule has 1 heterocycles. The average Bonchev–Trinajstić information content (AvgIpc) is 2.41. The smallest absolute Gasteiger partial charge is 0.0303 e. The maximum atomic E-state index is 5.91. The molecule has 1 aromatic carbocycles. The van der Waals surface area contributed by atoms with E-state index in [-0.39, 0.29) is 0 Å². The second-order valence-corrected chi connectivity index (χ2v) is 4.85. The van der Waals surface area contributed by atoms with Gasteiger partial charge in [-0.1, -0.05) is 29.8 Å². The van der Waals surface area contributed by atoms with E-state index < -0.39 is 0 Å². The van der Waals surface area contributed by atoms with Crippen molar-refractivity contribution in [3.8, 4) is 0 Å². The maximum Gasteiger partial charge on any atom is 0.0303 e. The number of hydrogen-bond acceptors (Lipinski definition) is 2. The van der Waals surface area contributed by atoms with E-state index in [2.05, 4.69) is 43.1 Å². The van der Waals surface area contributed by atoms with Crippen molar-refractivity contribution >= 4 is 0 Å². The Morgan fingerprint density at radius 3 is 2.72 bits per heavy atom. The SMILES string of the molecule is Cc1ccc(C)c(CC(CN)c2cccnc2)c1. The average molecular weight is 240 g/mol. The predicted molar refractivity (Wildman–Crippen MR) is 75.7 cm³/mol. The van der Waals surface area contributed by atoms with Crippen molar-refractivity contribution in [2.24, 2.45) is 5.73 Å². The molecule has 0 radical (unpaired) electrons. The summed E-state index contributed by atoms with van der Waals surface area (Å²) in [6, 6.07) is 10.7. The van der Waals surface area contributed by atoms with E-state index in [4.69, 9.17) is 5.73 Å². The largest absolute Gasteiger partial charge is 0.330 e. The van der Waals surface area contributed by atoms with Gasteiger partial charge in [-0.3, -0.25) is 4.98 Å². The van der Waals surface area contributed by atoms with E-state index in [9.17, 15) is 0 Å². The van der Waals surface area contributed by atoms with Crippen LogP contribution in [0.15, 0.2) is 42.7 Å². The Kier molecular flexibility index (Phi) is 4.11. The Hall–Kier alpha value is -1.67. The fourth-order valence-electron chi connectivity index (χ4n) is 2.24. The van der Waals surface area contributed by atoms with Gasteiger partial charge in [-0.05, 0) is 49.6 Å². The van der Waals surface area contributed by atoms with Crippen molar-refractivity contribution in [2.75, 3.05) is 6.54 Å². The van der Waals surface area contributed by atoms with Crippen LogP contribution in [0.4, 0.5) is 0 Å². The third-order valence-electron chi connectivity index (χ3n) is 3.41. The van der Waals surface area contributed by atoms with E-state index in [0.29, 0.717) is 12.5 Å². The molecule has 2 nitrogen and oxygen atoms in total. The van der Waals surface area contributed by atoms with Crippen LogP contribution in [-0.2, 0) is 6.42 Å². The summed E-state index contributed by atoms with van der Waals surface area (Å²) in [6.07, 6.45) is 4.70. The van der Waals surface area contributed by atoms with Crippen LogP contribution in [0.2, 0.25) is 0 Å². The molecule has 0 spiro atoms. The predicted octanol–water partition coefficient (Wildman–Crippen LogP) is 2.98. The topological polar surface area (TPSA) is 38.9 Å². The monoisotopic (exact) mass is 240 g/mol. The molecule has 94 valence electrons. The minimum Gasteiger partial charge on any atom is -0.330 e. The van der Waals surface area contributed by atoms with Crippen molar-refractivity contribution in [3.05, 3.63) is 65.0 Å². The number of rotatable bonds is 4. The normalized spacial score (nSPS) is 12.4. The summed E-state index contributed by atoms with van der Waals surface area (Å²) < 4.78 is 0. The van der Waals surface area contributed by atoms with Crippen molar-refractivity contribution in [2.45, 2.75) is 26.2 Å². The van der Waals surface area contributed by atoms with Crippen LogP contribution >= 0.6 is 0 Å². The van der Waals surface area contributed by atoms with E-state index in [1.54, 1.807) is 6.20 Å². The van der Waals surface area contributed by atoms with Gasteiger partial charge in [0.25, 0.3) is 0 Å². The number of pyridine rings is 1. The molecule has 18 heavy (non-hydrogen) atoms. The lowest BCUT2D eigenvalue weighted by Gasteiger charge is -2.16. The fraction of sp³-hybridized carbons (Fsp3) is 0.312. The van der Waals surface area contributed by atoms with Gasteiger partial charge in [0, 0.05) is 18.3 Å². The van der Waals surface area contributed by atoms with Gasteiger partial charge < -0.3 is 5.73 Å². The van der Waals surface area contributed by atoms with Crippen LogP contribution in [0.5, 0.6) is 0 Å². The van der Waals surface area contributed by atoms with Gasteiger partial charge in [-0.2, -0.15) is 0 Å². The first-order valence-electron chi connectivity index (χ1n) is 6.37. The van der Waals surface area contributed by atoms with Gasteiger partial charge in [-0.25, -0.2) is 0 Å². The highest BCUT2D eigenvalue weighted by Crippen LogP contribution is 2.22. The highest BCUT2D eigenvalue weighted by atomic mass is 14.6. The van der Waals surface area contributed by atoms with E-state index >= 15 is 0 Å². The molecule has 2 N–H and O–H groups in total. The van der Waals surface area contributed by atoms with Gasteiger partial charge >= 0.3 is 0 Å². The molecule has 1 atom stereocenters. The Morgan fingerprint density at radius 2 is 2.06 bits per heavy atom. The summed E-state index contributed by atoms with van der Waals surface area (Å²) in [4.78, 5) is 4.18. The first-order valence-corrected chi connectivity index (χ1v) is 6.37. The molecule has 1 unspecified atom stereocenters. The lowest BCUT2D eigenvalue weighted by Crippen LogP contribution is -2.15. The zero-order chi connectivity index (χ0) is 13.0. The van der Waals surface area contributed by atoms with Gasteiger partial charge in [0.15, 0.2) is 0 Å². The lowest BCUT2D eigenvalue weighted by molar-refractivity contribution is 0.688. The molecular weight excluding hydrogens is 220 g/mol. The first-order chi connectivity index (χ1) is 8.70. The summed E-state index contributed by atoms with van der Waals surface area (Å²) in [5.74, 6) is 0.346. The zero-order valence-corrected chi connectivity index (χ0v) is 11.1. The Labute approximate surface area is 109 Å². The number of nitrogens with zero attached hydrogens (tertiary/aromatic N) is 1. The molecule has 0 fully saturated rings. The van der Waals surface area contributed by atoms with Crippen molar-refractivity contribution < 1.29 is 0 Å².